The third kappa shape index (κ3) is 2.27. The van der Waals surface area contributed by atoms with Crippen molar-refractivity contribution in [1.29, 1.82) is 0 Å². The third-order valence-electron chi connectivity index (χ3n) is 2.80. The van der Waals surface area contributed by atoms with Crippen molar-refractivity contribution < 1.29 is 18.9 Å². The summed E-state index contributed by atoms with van der Waals surface area (Å²) in [5.74, 6) is 0.654. The van der Waals surface area contributed by atoms with Gasteiger partial charge in [0.1, 0.15) is 11.5 Å². The second-order valence-electron chi connectivity index (χ2n) is 3.83. The van der Waals surface area contributed by atoms with Crippen molar-refractivity contribution in [2.75, 3.05) is 27.4 Å². The summed E-state index contributed by atoms with van der Waals surface area (Å²) in [5, 5.41) is 0. The Labute approximate surface area is 109 Å². The standard InChI is InChI=1S/C12H15BrO4/c1-12(16-4-5-17-12)8-6-9(13)11(15-3)7-10(8)14-2/h6-7H,4-5H2,1-3H3. The first-order chi connectivity index (χ1) is 8.10. The van der Waals surface area contributed by atoms with Gasteiger partial charge in [-0.3, -0.25) is 0 Å². The maximum atomic E-state index is 5.63. The summed E-state index contributed by atoms with van der Waals surface area (Å²) in [4.78, 5) is 0. The topological polar surface area (TPSA) is 36.9 Å². The minimum absolute atomic E-state index is 0.587. The molecule has 0 aliphatic carbocycles. The molecule has 0 saturated carbocycles. The van der Waals surface area contributed by atoms with Gasteiger partial charge in [-0.1, -0.05) is 0 Å². The summed E-state index contributed by atoms with van der Waals surface area (Å²) in [6.07, 6.45) is 0. The van der Waals surface area contributed by atoms with E-state index < -0.39 is 5.79 Å². The van der Waals surface area contributed by atoms with Crippen LogP contribution < -0.4 is 9.47 Å². The fourth-order valence-electron chi connectivity index (χ4n) is 1.88. The molecule has 1 heterocycles. The lowest BCUT2D eigenvalue weighted by molar-refractivity contribution is -0.150. The Bertz CT molecular complexity index is 413. The molecule has 1 aliphatic heterocycles. The molecule has 1 fully saturated rings. The van der Waals surface area contributed by atoms with Crippen LogP contribution in [0.4, 0.5) is 0 Å². The van der Waals surface area contributed by atoms with E-state index in [9.17, 15) is 0 Å². The van der Waals surface area contributed by atoms with E-state index in [2.05, 4.69) is 15.9 Å². The maximum absolute atomic E-state index is 5.63. The lowest BCUT2D eigenvalue weighted by atomic mass is 10.1. The van der Waals surface area contributed by atoms with Crippen LogP contribution in [-0.2, 0) is 15.3 Å². The zero-order valence-corrected chi connectivity index (χ0v) is 11.7. The number of ether oxygens (including phenoxy) is 4. The van der Waals surface area contributed by atoms with Gasteiger partial charge >= 0.3 is 0 Å². The van der Waals surface area contributed by atoms with Gasteiger partial charge in [-0.05, 0) is 28.9 Å². The van der Waals surface area contributed by atoms with Crippen molar-refractivity contribution in [2.24, 2.45) is 0 Å². The van der Waals surface area contributed by atoms with Crippen LogP contribution in [0.2, 0.25) is 0 Å². The monoisotopic (exact) mass is 302 g/mol. The molecule has 0 aromatic heterocycles. The first-order valence-corrected chi connectivity index (χ1v) is 6.10. The van der Waals surface area contributed by atoms with Gasteiger partial charge in [-0.15, -0.1) is 0 Å². The van der Waals surface area contributed by atoms with Crippen LogP contribution in [0.3, 0.4) is 0 Å². The Balaban J connectivity index is 2.49. The van der Waals surface area contributed by atoms with Gasteiger partial charge in [-0.2, -0.15) is 0 Å². The van der Waals surface area contributed by atoms with Crippen LogP contribution in [0.15, 0.2) is 16.6 Å². The van der Waals surface area contributed by atoms with Gasteiger partial charge in [0.05, 0.1) is 37.5 Å². The van der Waals surface area contributed by atoms with Crippen LogP contribution in [-0.4, -0.2) is 27.4 Å². The number of methoxy groups -OCH3 is 2. The molecule has 1 saturated heterocycles. The van der Waals surface area contributed by atoms with E-state index in [1.54, 1.807) is 14.2 Å². The Morgan fingerprint density at radius 2 is 1.71 bits per heavy atom. The molecule has 0 atom stereocenters. The highest BCUT2D eigenvalue weighted by Crippen LogP contribution is 2.41. The molecule has 0 unspecified atom stereocenters. The summed E-state index contributed by atoms with van der Waals surface area (Å²) in [6.45, 7) is 3.06. The van der Waals surface area contributed by atoms with Crippen molar-refractivity contribution in [2.45, 2.75) is 12.7 Å². The largest absolute Gasteiger partial charge is 0.496 e. The van der Waals surface area contributed by atoms with Gasteiger partial charge in [0.25, 0.3) is 0 Å². The molecular formula is C12H15BrO4. The highest BCUT2D eigenvalue weighted by atomic mass is 79.9. The van der Waals surface area contributed by atoms with Crippen molar-refractivity contribution in [3.63, 3.8) is 0 Å². The molecule has 94 valence electrons. The molecule has 2 rings (SSSR count). The molecule has 1 aliphatic rings. The second-order valence-corrected chi connectivity index (χ2v) is 4.68. The Kier molecular flexibility index (Phi) is 3.61. The van der Waals surface area contributed by atoms with E-state index in [1.165, 1.54) is 0 Å². The Hall–Kier alpha value is -0.780. The molecule has 17 heavy (non-hydrogen) atoms. The summed E-state index contributed by atoms with van der Waals surface area (Å²) < 4.78 is 22.7. The van der Waals surface area contributed by atoms with Crippen molar-refractivity contribution in [3.8, 4) is 11.5 Å². The van der Waals surface area contributed by atoms with Gasteiger partial charge in [0.2, 0.25) is 0 Å². The molecule has 5 heteroatoms. The summed E-state index contributed by atoms with van der Waals surface area (Å²) in [6, 6.07) is 3.72. The molecule has 1 aromatic carbocycles. The van der Waals surface area contributed by atoms with E-state index in [4.69, 9.17) is 18.9 Å². The average molecular weight is 303 g/mol. The van der Waals surface area contributed by atoms with Crippen molar-refractivity contribution in [3.05, 3.63) is 22.2 Å². The zero-order valence-electron chi connectivity index (χ0n) is 10.1. The number of hydrogen-bond acceptors (Lipinski definition) is 4. The highest BCUT2D eigenvalue weighted by Gasteiger charge is 2.36. The van der Waals surface area contributed by atoms with E-state index in [-0.39, 0.29) is 0 Å². The molecule has 0 spiro atoms. The van der Waals surface area contributed by atoms with E-state index in [0.717, 1.165) is 10.0 Å². The summed E-state index contributed by atoms with van der Waals surface area (Å²) >= 11 is 3.45. The molecular weight excluding hydrogens is 288 g/mol. The predicted molar refractivity (Wildman–Crippen MR) is 66.5 cm³/mol. The van der Waals surface area contributed by atoms with Gasteiger partial charge < -0.3 is 18.9 Å². The smallest absolute Gasteiger partial charge is 0.195 e. The molecule has 4 nitrogen and oxygen atoms in total. The normalized spacial score (nSPS) is 18.1. The zero-order chi connectivity index (χ0) is 12.5. The molecule has 0 amide bonds. The predicted octanol–water partition coefficient (Wildman–Crippen LogP) is 2.69. The fraction of sp³-hybridized carbons (Fsp3) is 0.500. The summed E-state index contributed by atoms with van der Waals surface area (Å²) in [7, 11) is 3.23. The van der Waals surface area contributed by atoms with Crippen LogP contribution >= 0.6 is 15.9 Å². The van der Waals surface area contributed by atoms with Crippen molar-refractivity contribution in [1.82, 2.24) is 0 Å². The van der Waals surface area contributed by atoms with E-state index >= 15 is 0 Å². The van der Waals surface area contributed by atoms with Crippen LogP contribution in [0.25, 0.3) is 0 Å². The number of hydrogen-bond donors (Lipinski definition) is 0. The number of benzene rings is 1. The minimum atomic E-state index is -0.750. The maximum Gasteiger partial charge on any atom is 0.195 e. The average Bonchev–Trinajstić information content (AvgIpc) is 2.77. The quantitative estimate of drug-likeness (QED) is 0.860. The van der Waals surface area contributed by atoms with Crippen LogP contribution in [0.1, 0.15) is 12.5 Å². The Morgan fingerprint density at radius 1 is 1.12 bits per heavy atom. The van der Waals surface area contributed by atoms with Crippen LogP contribution in [0, 0.1) is 0 Å². The van der Waals surface area contributed by atoms with E-state index in [0.29, 0.717) is 24.7 Å². The number of halogens is 1. The molecule has 0 radical (unpaired) electrons. The molecule has 0 bridgehead atoms. The van der Waals surface area contributed by atoms with E-state index in [1.807, 2.05) is 19.1 Å². The third-order valence-corrected chi connectivity index (χ3v) is 3.42. The lowest BCUT2D eigenvalue weighted by Gasteiger charge is -2.25. The lowest BCUT2D eigenvalue weighted by Crippen LogP contribution is -2.23. The van der Waals surface area contributed by atoms with Gasteiger partial charge in [0.15, 0.2) is 5.79 Å². The Morgan fingerprint density at radius 3 is 2.24 bits per heavy atom. The first-order valence-electron chi connectivity index (χ1n) is 5.30. The molecule has 0 N–H and O–H groups in total. The minimum Gasteiger partial charge on any atom is -0.496 e. The summed E-state index contributed by atoms with van der Waals surface area (Å²) in [5.41, 5.74) is 0.852. The SMILES string of the molecule is COc1cc(OC)c(C2(C)OCCO2)cc1Br. The second kappa shape index (κ2) is 4.84. The molecule has 1 aromatic rings. The van der Waals surface area contributed by atoms with Crippen LogP contribution in [0.5, 0.6) is 11.5 Å². The fourth-order valence-corrected chi connectivity index (χ4v) is 2.39. The van der Waals surface area contributed by atoms with Gasteiger partial charge in [0, 0.05) is 6.07 Å². The highest BCUT2D eigenvalue weighted by molar-refractivity contribution is 9.10. The van der Waals surface area contributed by atoms with Gasteiger partial charge in [-0.25, -0.2) is 0 Å². The first kappa shape index (κ1) is 12.7. The number of rotatable bonds is 3. The van der Waals surface area contributed by atoms with Crippen molar-refractivity contribution >= 4 is 15.9 Å².